The molecule has 0 atom stereocenters. The number of para-hydroxylation sites is 1. The highest BCUT2D eigenvalue weighted by atomic mass is 16.5. The van der Waals surface area contributed by atoms with Crippen LogP contribution in [0, 0.1) is 0 Å². The largest absolute Gasteiger partial charge is 0.465 e. The number of aromatic nitrogens is 1. The second kappa shape index (κ2) is 7.08. The van der Waals surface area contributed by atoms with Crippen molar-refractivity contribution in [3.8, 4) is 0 Å². The van der Waals surface area contributed by atoms with Crippen molar-refractivity contribution >= 4 is 22.4 Å². The normalized spacial score (nSPS) is 16.3. The predicted octanol–water partition coefficient (Wildman–Crippen LogP) is 4.13. The Morgan fingerprint density at radius 2 is 1.88 bits per heavy atom. The van der Waals surface area contributed by atoms with Crippen molar-refractivity contribution in [1.82, 2.24) is 9.88 Å². The Morgan fingerprint density at radius 1 is 1.12 bits per heavy atom. The summed E-state index contributed by atoms with van der Waals surface area (Å²) < 4.78 is 5.08. The van der Waals surface area contributed by atoms with E-state index in [4.69, 9.17) is 4.74 Å². The highest BCUT2D eigenvalue weighted by molar-refractivity contribution is 6.17. The molecule has 2 heterocycles. The van der Waals surface area contributed by atoms with Crippen LogP contribution in [-0.4, -0.2) is 29.5 Å². The van der Waals surface area contributed by atoms with E-state index in [1.807, 2.05) is 36.5 Å². The molecular weight excluding hydrogens is 324 g/mol. The number of methoxy groups -OCH3 is 1. The van der Waals surface area contributed by atoms with Gasteiger partial charge in [0.05, 0.1) is 18.4 Å². The molecule has 1 N–H and O–H groups in total. The van der Waals surface area contributed by atoms with E-state index >= 15 is 0 Å². The Labute approximate surface area is 153 Å². The molecule has 1 aliphatic heterocycles. The van der Waals surface area contributed by atoms with E-state index in [1.54, 1.807) is 0 Å². The number of rotatable bonds is 3. The summed E-state index contributed by atoms with van der Waals surface area (Å²) in [6.07, 6.45) is 3.91. The number of hydrogen-bond acceptors (Lipinski definition) is 3. The zero-order chi connectivity index (χ0) is 17.9. The molecule has 4 heteroatoms. The van der Waals surface area contributed by atoms with Crippen LogP contribution in [0.1, 0.15) is 23.2 Å². The van der Waals surface area contributed by atoms with E-state index in [2.05, 4.69) is 34.1 Å². The van der Waals surface area contributed by atoms with Gasteiger partial charge in [-0.15, -0.1) is 0 Å². The number of aryl methyl sites for hydroxylation is 1. The number of fused-ring (bicyclic) bond motifs is 3. The Morgan fingerprint density at radius 3 is 2.69 bits per heavy atom. The first-order valence-corrected chi connectivity index (χ1v) is 8.94. The molecular formula is C22H22N2O2. The third-order valence-corrected chi connectivity index (χ3v) is 4.90. The van der Waals surface area contributed by atoms with Crippen LogP contribution in [-0.2, 0) is 22.5 Å². The first-order chi connectivity index (χ1) is 12.8. The van der Waals surface area contributed by atoms with Crippen molar-refractivity contribution in [2.45, 2.75) is 19.4 Å². The van der Waals surface area contributed by atoms with Crippen LogP contribution in [0.25, 0.3) is 16.5 Å². The first kappa shape index (κ1) is 16.5. The minimum Gasteiger partial charge on any atom is -0.465 e. The lowest BCUT2D eigenvalue weighted by atomic mass is 9.99. The van der Waals surface area contributed by atoms with E-state index in [1.165, 1.54) is 23.6 Å². The van der Waals surface area contributed by atoms with Crippen molar-refractivity contribution in [1.29, 1.82) is 0 Å². The van der Waals surface area contributed by atoms with Gasteiger partial charge in [0.2, 0.25) is 0 Å². The van der Waals surface area contributed by atoms with Gasteiger partial charge in [0.1, 0.15) is 0 Å². The van der Waals surface area contributed by atoms with Crippen molar-refractivity contribution < 1.29 is 9.53 Å². The van der Waals surface area contributed by atoms with E-state index in [-0.39, 0.29) is 5.97 Å². The lowest BCUT2D eigenvalue weighted by Gasteiger charge is -2.24. The number of ether oxygens (including phenoxy) is 1. The maximum Gasteiger partial charge on any atom is 0.341 e. The van der Waals surface area contributed by atoms with Crippen LogP contribution in [0.4, 0.5) is 0 Å². The molecule has 1 aromatic heterocycles. The van der Waals surface area contributed by atoms with Gasteiger partial charge >= 0.3 is 5.97 Å². The Hall–Kier alpha value is -3.01. The van der Waals surface area contributed by atoms with E-state index in [0.717, 1.165) is 37.1 Å². The lowest BCUT2D eigenvalue weighted by Crippen LogP contribution is -2.23. The molecule has 0 amide bonds. The summed E-state index contributed by atoms with van der Waals surface area (Å²) >= 11 is 0. The molecule has 4 rings (SSSR count). The number of H-pyrrole nitrogens is 1. The standard InChI is InChI=1S/C22H22N2O2/c1-26-22(25)19-15-24(14-16-8-3-2-4-9-16)13-7-11-18-17-10-5-6-12-20(17)23-21(18)19/h2-6,8-10,12,15,23H,7,11,13-14H2,1H3/b19-15+. The average molecular weight is 346 g/mol. The molecule has 0 spiro atoms. The maximum absolute atomic E-state index is 12.5. The molecule has 0 radical (unpaired) electrons. The molecule has 0 aliphatic carbocycles. The quantitative estimate of drug-likeness (QED) is 0.725. The topological polar surface area (TPSA) is 45.3 Å². The number of nitrogens with zero attached hydrogens (tertiary/aromatic N) is 1. The predicted molar refractivity (Wildman–Crippen MR) is 103 cm³/mol. The third-order valence-electron chi connectivity index (χ3n) is 4.90. The molecule has 0 unspecified atom stereocenters. The van der Waals surface area contributed by atoms with Crippen LogP contribution in [0.5, 0.6) is 0 Å². The van der Waals surface area contributed by atoms with Crippen molar-refractivity contribution in [2.75, 3.05) is 13.7 Å². The number of benzene rings is 2. The number of carbonyl (C=O) groups is 1. The summed E-state index contributed by atoms with van der Waals surface area (Å²) in [6, 6.07) is 18.5. The van der Waals surface area contributed by atoms with Gasteiger partial charge in [-0.25, -0.2) is 4.79 Å². The summed E-state index contributed by atoms with van der Waals surface area (Å²) in [6.45, 7) is 1.67. The van der Waals surface area contributed by atoms with Crippen LogP contribution >= 0.6 is 0 Å². The van der Waals surface area contributed by atoms with Crippen LogP contribution < -0.4 is 0 Å². The van der Waals surface area contributed by atoms with Gasteiger partial charge in [0.15, 0.2) is 0 Å². The van der Waals surface area contributed by atoms with Gasteiger partial charge < -0.3 is 14.6 Å². The molecule has 2 aromatic carbocycles. The van der Waals surface area contributed by atoms with E-state index in [0.29, 0.717) is 5.57 Å². The van der Waals surface area contributed by atoms with Crippen LogP contribution in [0.2, 0.25) is 0 Å². The molecule has 0 bridgehead atoms. The SMILES string of the molecule is COC(=O)/C1=C/N(Cc2ccccc2)CCCc2c1[nH]c1ccccc21. The highest BCUT2D eigenvalue weighted by Gasteiger charge is 2.23. The Bertz CT molecular complexity index is 957. The maximum atomic E-state index is 12.5. The number of aromatic amines is 1. The number of hydrogen-bond donors (Lipinski definition) is 1. The minimum atomic E-state index is -0.308. The van der Waals surface area contributed by atoms with E-state index in [9.17, 15) is 4.79 Å². The zero-order valence-electron chi connectivity index (χ0n) is 14.9. The molecule has 0 fully saturated rings. The fraction of sp³-hybridized carbons (Fsp3) is 0.227. The summed E-state index contributed by atoms with van der Waals surface area (Å²) in [5, 5.41) is 1.19. The van der Waals surface area contributed by atoms with Gasteiger partial charge in [-0.05, 0) is 30.0 Å². The molecule has 3 aromatic rings. The molecule has 0 saturated carbocycles. The van der Waals surface area contributed by atoms with Crippen molar-refractivity contribution in [3.63, 3.8) is 0 Å². The molecule has 1 aliphatic rings. The molecule has 132 valence electrons. The lowest BCUT2D eigenvalue weighted by molar-refractivity contribution is -0.133. The second-order valence-corrected chi connectivity index (χ2v) is 6.62. The summed E-state index contributed by atoms with van der Waals surface area (Å²) in [5.74, 6) is -0.308. The molecule has 0 saturated heterocycles. The van der Waals surface area contributed by atoms with Gasteiger partial charge in [-0.3, -0.25) is 0 Å². The van der Waals surface area contributed by atoms with Crippen LogP contribution in [0.15, 0.2) is 60.8 Å². The highest BCUT2D eigenvalue weighted by Crippen LogP contribution is 2.31. The molecule has 26 heavy (non-hydrogen) atoms. The van der Waals surface area contributed by atoms with Gasteiger partial charge in [0.25, 0.3) is 0 Å². The fourth-order valence-corrected chi connectivity index (χ4v) is 3.67. The van der Waals surface area contributed by atoms with Gasteiger partial charge in [0, 0.05) is 30.2 Å². The van der Waals surface area contributed by atoms with Gasteiger partial charge in [-0.1, -0.05) is 48.5 Å². The Kier molecular flexibility index (Phi) is 4.48. The van der Waals surface area contributed by atoms with Crippen molar-refractivity contribution in [3.05, 3.63) is 77.6 Å². The average Bonchev–Trinajstić information content (AvgIpc) is 3.02. The second-order valence-electron chi connectivity index (χ2n) is 6.62. The number of esters is 1. The summed E-state index contributed by atoms with van der Waals surface area (Å²) in [4.78, 5) is 18.2. The van der Waals surface area contributed by atoms with E-state index < -0.39 is 0 Å². The van der Waals surface area contributed by atoms with Crippen LogP contribution in [0.3, 0.4) is 0 Å². The Balaban J connectivity index is 1.79. The third kappa shape index (κ3) is 3.10. The molecule has 4 nitrogen and oxygen atoms in total. The summed E-state index contributed by atoms with van der Waals surface area (Å²) in [5.41, 5.74) is 4.97. The summed E-state index contributed by atoms with van der Waals surface area (Å²) in [7, 11) is 1.44. The fourth-order valence-electron chi connectivity index (χ4n) is 3.67. The van der Waals surface area contributed by atoms with Crippen molar-refractivity contribution in [2.24, 2.45) is 0 Å². The first-order valence-electron chi connectivity index (χ1n) is 8.94. The van der Waals surface area contributed by atoms with Gasteiger partial charge in [-0.2, -0.15) is 0 Å². The smallest absolute Gasteiger partial charge is 0.341 e. The number of nitrogens with one attached hydrogen (secondary N) is 1. The monoisotopic (exact) mass is 346 g/mol. The zero-order valence-corrected chi connectivity index (χ0v) is 14.9. The minimum absolute atomic E-state index is 0.308. The number of carbonyl (C=O) groups excluding carboxylic acids is 1.